The molecule has 0 saturated heterocycles. The van der Waals surface area contributed by atoms with Crippen LogP contribution < -0.4 is 5.32 Å². The first kappa shape index (κ1) is 22.8. The average molecular weight is 423 g/mol. The third kappa shape index (κ3) is 7.12. The van der Waals surface area contributed by atoms with Crippen molar-refractivity contribution in [3.05, 3.63) is 64.7 Å². The maximum Gasteiger partial charge on any atom is 0.408 e. The molecule has 0 unspecified atom stereocenters. The van der Waals surface area contributed by atoms with Gasteiger partial charge in [0.2, 0.25) is 6.41 Å². The quantitative estimate of drug-likeness (QED) is 0.480. The van der Waals surface area contributed by atoms with Crippen molar-refractivity contribution in [2.75, 3.05) is 12.4 Å². The van der Waals surface area contributed by atoms with Gasteiger partial charge >= 0.3 is 6.18 Å². The molecule has 0 spiro atoms. The number of benzene rings is 2. The van der Waals surface area contributed by atoms with Crippen molar-refractivity contribution >= 4 is 23.7 Å². The van der Waals surface area contributed by atoms with Gasteiger partial charge in [0.05, 0.1) is 0 Å². The van der Waals surface area contributed by atoms with Crippen LogP contribution >= 0.6 is 11.6 Å². The molecule has 29 heavy (non-hydrogen) atoms. The molecule has 0 radical (unpaired) electrons. The zero-order valence-corrected chi connectivity index (χ0v) is 16.7. The predicted octanol–water partition coefficient (Wildman–Crippen LogP) is 5.67. The first-order valence-corrected chi connectivity index (χ1v) is 9.40. The first-order chi connectivity index (χ1) is 13.8. The Balaban J connectivity index is 0.000000521. The fraction of sp³-hybridized carbons (Fsp3) is 0.318. The van der Waals surface area contributed by atoms with Gasteiger partial charge in [-0.15, -0.1) is 12.3 Å². The molecule has 1 aliphatic carbocycles. The van der Waals surface area contributed by atoms with Gasteiger partial charge in [0.15, 0.2) is 0 Å². The van der Waals surface area contributed by atoms with Gasteiger partial charge in [-0.2, -0.15) is 13.2 Å². The van der Waals surface area contributed by atoms with Gasteiger partial charge in [-0.25, -0.2) is 0 Å². The van der Waals surface area contributed by atoms with Crippen LogP contribution in [0.15, 0.2) is 48.5 Å². The molecule has 7 heteroatoms. The molecule has 0 heterocycles. The summed E-state index contributed by atoms with van der Waals surface area (Å²) in [5.41, 5.74) is 0.735. The molecule has 154 valence electrons. The van der Waals surface area contributed by atoms with Crippen LogP contribution in [0.1, 0.15) is 30.0 Å². The van der Waals surface area contributed by atoms with Crippen LogP contribution in [0.4, 0.5) is 18.9 Å². The SMILES string of the molecule is C#CC1CC1.CN(Cc1ccccc1)[C@@H](c1cc(Cl)ccc1NC=O)C(F)(F)F. The van der Waals surface area contributed by atoms with Crippen molar-refractivity contribution in [2.24, 2.45) is 5.92 Å². The van der Waals surface area contributed by atoms with Crippen LogP contribution in [0, 0.1) is 18.3 Å². The summed E-state index contributed by atoms with van der Waals surface area (Å²) in [7, 11) is 1.39. The molecule has 2 aromatic rings. The highest BCUT2D eigenvalue weighted by molar-refractivity contribution is 6.30. The number of halogens is 4. The van der Waals surface area contributed by atoms with Gasteiger partial charge < -0.3 is 5.32 Å². The molecule has 3 nitrogen and oxygen atoms in total. The summed E-state index contributed by atoms with van der Waals surface area (Å²) >= 11 is 5.87. The number of carbonyl (C=O) groups excluding carboxylic acids is 1. The summed E-state index contributed by atoms with van der Waals surface area (Å²) in [5, 5.41) is 2.48. The summed E-state index contributed by atoms with van der Waals surface area (Å²) in [6, 6.07) is 11.0. The molecule has 1 fully saturated rings. The molecule has 3 rings (SSSR count). The van der Waals surface area contributed by atoms with E-state index in [4.69, 9.17) is 18.0 Å². The zero-order chi connectivity index (χ0) is 21.4. The molecule has 0 aliphatic heterocycles. The van der Waals surface area contributed by atoms with Crippen LogP contribution in [0.5, 0.6) is 0 Å². The topological polar surface area (TPSA) is 32.3 Å². The molecule has 1 atom stereocenters. The minimum absolute atomic E-state index is 0.0802. The lowest BCUT2D eigenvalue weighted by Crippen LogP contribution is -2.36. The third-order valence-corrected chi connectivity index (χ3v) is 4.60. The van der Waals surface area contributed by atoms with Crippen molar-refractivity contribution in [3.8, 4) is 12.3 Å². The van der Waals surface area contributed by atoms with E-state index in [1.807, 2.05) is 0 Å². The molecule has 0 aromatic heterocycles. The second kappa shape index (κ2) is 10.3. The highest BCUT2D eigenvalue weighted by Gasteiger charge is 2.44. The molecule has 2 aromatic carbocycles. The Morgan fingerprint density at radius 3 is 2.41 bits per heavy atom. The van der Waals surface area contributed by atoms with Gasteiger partial charge in [0.25, 0.3) is 0 Å². The number of alkyl halides is 3. The zero-order valence-electron chi connectivity index (χ0n) is 15.9. The van der Waals surface area contributed by atoms with E-state index >= 15 is 0 Å². The largest absolute Gasteiger partial charge is 0.408 e. The van der Waals surface area contributed by atoms with E-state index in [1.165, 1.54) is 43.0 Å². The highest BCUT2D eigenvalue weighted by Crippen LogP contribution is 2.41. The Morgan fingerprint density at radius 1 is 1.28 bits per heavy atom. The lowest BCUT2D eigenvalue weighted by atomic mass is 10.0. The molecular formula is C22H22ClF3N2O. The summed E-state index contributed by atoms with van der Waals surface area (Å²) in [6.07, 6.45) is 3.34. The number of nitrogens with one attached hydrogen (secondary N) is 1. The fourth-order valence-electron chi connectivity index (χ4n) is 2.83. The Hall–Kier alpha value is -2.49. The van der Waals surface area contributed by atoms with Crippen LogP contribution in [-0.4, -0.2) is 24.5 Å². The van der Waals surface area contributed by atoms with E-state index in [1.54, 1.807) is 30.3 Å². The number of hydrogen-bond donors (Lipinski definition) is 1. The van der Waals surface area contributed by atoms with Gasteiger partial charge in [0.1, 0.15) is 6.04 Å². The number of terminal acetylenes is 1. The number of nitrogens with zero attached hydrogens (tertiary/aromatic N) is 1. The summed E-state index contributed by atoms with van der Waals surface area (Å²) in [5.74, 6) is 3.30. The van der Waals surface area contributed by atoms with E-state index in [0.717, 1.165) is 5.56 Å². The van der Waals surface area contributed by atoms with Crippen molar-refractivity contribution in [1.82, 2.24) is 4.90 Å². The molecule has 1 N–H and O–H groups in total. The maximum absolute atomic E-state index is 13.7. The number of rotatable bonds is 6. The summed E-state index contributed by atoms with van der Waals surface area (Å²) < 4.78 is 41.1. The minimum atomic E-state index is -4.53. The Labute approximate surface area is 173 Å². The maximum atomic E-state index is 13.7. The van der Waals surface area contributed by atoms with Gasteiger partial charge in [0, 0.05) is 28.7 Å². The monoisotopic (exact) mass is 422 g/mol. The number of hydrogen-bond acceptors (Lipinski definition) is 2. The van der Waals surface area contributed by atoms with E-state index in [9.17, 15) is 18.0 Å². The number of carbonyl (C=O) groups is 1. The first-order valence-electron chi connectivity index (χ1n) is 9.03. The van der Waals surface area contributed by atoms with E-state index in [2.05, 4.69) is 11.2 Å². The van der Waals surface area contributed by atoms with Gasteiger partial charge in [-0.1, -0.05) is 41.9 Å². The third-order valence-electron chi connectivity index (χ3n) is 4.36. The Bertz CT molecular complexity index is 845. The highest BCUT2D eigenvalue weighted by atomic mass is 35.5. The second-order valence-electron chi connectivity index (χ2n) is 6.78. The molecular weight excluding hydrogens is 401 g/mol. The summed E-state index contributed by atoms with van der Waals surface area (Å²) in [4.78, 5) is 11.9. The van der Waals surface area contributed by atoms with Crippen molar-refractivity contribution in [1.29, 1.82) is 0 Å². The Morgan fingerprint density at radius 2 is 1.93 bits per heavy atom. The normalized spacial score (nSPS) is 14.4. The standard InChI is InChI=1S/C17H16ClF3N2O.C5H6/c1-23(10-12-5-3-2-4-6-12)16(17(19,20)21)14-9-13(18)7-8-15(14)22-11-24;1-2-5-3-4-5/h2-9,11,16H,10H2,1H3,(H,22,24);1,5H,3-4H2/t16-;/m0./s1. The molecule has 1 saturated carbocycles. The number of anilines is 1. The predicted molar refractivity (Wildman–Crippen MR) is 109 cm³/mol. The van der Waals surface area contributed by atoms with Gasteiger partial charge in [-0.3, -0.25) is 9.69 Å². The second-order valence-corrected chi connectivity index (χ2v) is 7.22. The van der Waals surface area contributed by atoms with Crippen molar-refractivity contribution in [3.63, 3.8) is 0 Å². The lowest BCUT2D eigenvalue weighted by molar-refractivity contribution is -0.184. The number of amides is 1. The van der Waals surface area contributed by atoms with Crippen molar-refractivity contribution in [2.45, 2.75) is 31.6 Å². The minimum Gasteiger partial charge on any atom is -0.328 e. The van der Waals surface area contributed by atoms with Crippen LogP contribution in [0.25, 0.3) is 0 Å². The Kier molecular flexibility index (Phi) is 8.12. The van der Waals surface area contributed by atoms with Crippen LogP contribution in [-0.2, 0) is 11.3 Å². The smallest absolute Gasteiger partial charge is 0.328 e. The van der Waals surface area contributed by atoms with E-state index < -0.39 is 12.2 Å². The fourth-order valence-corrected chi connectivity index (χ4v) is 3.01. The molecule has 1 amide bonds. The van der Waals surface area contributed by atoms with Gasteiger partial charge in [-0.05, 0) is 43.7 Å². The van der Waals surface area contributed by atoms with Crippen molar-refractivity contribution < 1.29 is 18.0 Å². The van der Waals surface area contributed by atoms with Crippen LogP contribution in [0.3, 0.4) is 0 Å². The molecule has 1 aliphatic rings. The summed E-state index contributed by atoms with van der Waals surface area (Å²) in [6.45, 7) is 0.0953. The average Bonchev–Trinajstić information content (AvgIpc) is 3.49. The van der Waals surface area contributed by atoms with Crippen LogP contribution in [0.2, 0.25) is 5.02 Å². The van der Waals surface area contributed by atoms with E-state index in [-0.39, 0.29) is 22.8 Å². The lowest BCUT2D eigenvalue weighted by Gasteiger charge is -2.31. The van der Waals surface area contributed by atoms with E-state index in [0.29, 0.717) is 12.3 Å². The molecule has 0 bridgehead atoms.